The monoisotopic (exact) mass is 466 g/mol. The summed E-state index contributed by atoms with van der Waals surface area (Å²) in [5, 5.41) is 16.0. The van der Waals surface area contributed by atoms with E-state index in [0.717, 1.165) is 0 Å². The summed E-state index contributed by atoms with van der Waals surface area (Å²) in [4.78, 5) is 20.8. The van der Waals surface area contributed by atoms with Crippen LogP contribution < -0.4 is 11.1 Å². The molecular formula is C25H43ClN4O2. The third-order valence-corrected chi connectivity index (χ3v) is 10.8. The smallest absolute Gasteiger partial charge is 0.254 e. The maximum Gasteiger partial charge on any atom is 0.254 e. The molecule has 1 fully saturated rings. The number of nitrogens with zero attached hydrogens (tertiary/aromatic N) is 2. The van der Waals surface area contributed by atoms with Gasteiger partial charge in [-0.05, 0) is 48.6 Å². The molecule has 6 nitrogen and oxygen atoms in total. The Kier molecular flexibility index (Phi) is 5.92. The normalized spacial score (nSPS) is 33.6. The largest absolute Gasteiger partial charge is 0.389 e. The van der Waals surface area contributed by atoms with Crippen molar-refractivity contribution in [1.29, 1.82) is 0 Å². The number of amides is 1. The van der Waals surface area contributed by atoms with Crippen molar-refractivity contribution in [3.05, 3.63) is 16.5 Å². The van der Waals surface area contributed by atoms with Crippen LogP contribution in [0.25, 0.3) is 0 Å². The van der Waals surface area contributed by atoms with E-state index in [1.165, 1.54) is 0 Å². The second kappa shape index (κ2) is 7.05. The van der Waals surface area contributed by atoms with Gasteiger partial charge in [-0.25, -0.2) is 4.98 Å². The number of carbonyl (C=O) groups excluding carboxylic acids is 1. The fraction of sp³-hybridized carbons (Fsp3) is 0.800. The number of aliphatic hydroxyl groups is 1. The number of hydrogen-bond donors (Lipinski definition) is 3. The van der Waals surface area contributed by atoms with Gasteiger partial charge < -0.3 is 16.2 Å². The van der Waals surface area contributed by atoms with Gasteiger partial charge in [0, 0.05) is 16.4 Å². The molecule has 0 radical (unpaired) electrons. The first-order chi connectivity index (χ1) is 14.0. The molecule has 1 aromatic heterocycles. The van der Waals surface area contributed by atoms with E-state index in [9.17, 15) is 9.90 Å². The van der Waals surface area contributed by atoms with Crippen LogP contribution in [0.2, 0.25) is 5.28 Å². The minimum atomic E-state index is -1.11. The number of aryl methyl sites for hydroxylation is 1. The van der Waals surface area contributed by atoms with Crippen molar-refractivity contribution in [3.63, 3.8) is 0 Å². The summed E-state index contributed by atoms with van der Waals surface area (Å²) in [5.41, 5.74) is 2.37. The van der Waals surface area contributed by atoms with E-state index in [1.807, 2.05) is 6.92 Å². The minimum Gasteiger partial charge on any atom is -0.389 e. The zero-order valence-electron chi connectivity index (χ0n) is 22.2. The Hall–Kier alpha value is -1.40. The quantitative estimate of drug-likeness (QED) is 0.503. The highest BCUT2D eigenvalue weighted by Gasteiger charge is 2.78. The Morgan fingerprint density at radius 2 is 1.41 bits per heavy atom. The molecule has 1 amide bonds. The molecule has 2 rings (SSSR count). The average Bonchev–Trinajstić information content (AvgIpc) is 2.56. The van der Waals surface area contributed by atoms with E-state index in [1.54, 1.807) is 6.92 Å². The molecule has 1 aliphatic rings. The SMILES string of the molecule is Cc1nc(Cl)nc(N[C@]2(C)C(C)(C)C(C)(C)[C@@](C)(C(C)(C)C)[C@](C)(O)C2(C)C)c1C(N)=O. The molecule has 0 unspecified atom stereocenters. The van der Waals surface area contributed by atoms with Gasteiger partial charge in [-0.2, -0.15) is 4.98 Å². The number of halogens is 1. The van der Waals surface area contributed by atoms with Crippen molar-refractivity contribution in [2.75, 3.05) is 5.32 Å². The van der Waals surface area contributed by atoms with Crippen LogP contribution in [-0.2, 0) is 0 Å². The lowest BCUT2D eigenvalue weighted by molar-refractivity contribution is -0.322. The summed E-state index contributed by atoms with van der Waals surface area (Å²) in [5.74, 6) is -0.327. The van der Waals surface area contributed by atoms with Crippen LogP contribution in [-0.4, -0.2) is 32.1 Å². The Bertz CT molecular complexity index is 914. The van der Waals surface area contributed by atoms with Crippen molar-refractivity contribution in [2.45, 2.75) is 101 Å². The van der Waals surface area contributed by atoms with Crippen LogP contribution in [0.4, 0.5) is 5.82 Å². The Balaban J connectivity index is 2.94. The van der Waals surface area contributed by atoms with Crippen molar-refractivity contribution in [3.8, 4) is 0 Å². The highest BCUT2D eigenvalue weighted by Crippen LogP contribution is 2.76. The zero-order valence-corrected chi connectivity index (χ0v) is 23.0. The molecule has 3 atom stereocenters. The van der Waals surface area contributed by atoms with Gasteiger partial charge in [0.05, 0.1) is 11.3 Å². The molecule has 1 saturated carbocycles. The second-order valence-corrected chi connectivity index (χ2v) is 13.1. The molecule has 7 heteroatoms. The van der Waals surface area contributed by atoms with Crippen LogP contribution >= 0.6 is 11.6 Å². The van der Waals surface area contributed by atoms with Crippen LogP contribution in [0.5, 0.6) is 0 Å². The van der Waals surface area contributed by atoms with E-state index in [2.05, 4.69) is 91.4 Å². The van der Waals surface area contributed by atoms with Gasteiger partial charge in [-0.3, -0.25) is 4.79 Å². The topological polar surface area (TPSA) is 101 Å². The van der Waals surface area contributed by atoms with Crippen LogP contribution in [0.15, 0.2) is 0 Å². The number of nitrogens with two attached hydrogens (primary N) is 1. The predicted octanol–water partition coefficient (Wildman–Crippen LogP) is 5.60. The molecule has 1 aliphatic carbocycles. The molecule has 0 aliphatic heterocycles. The van der Waals surface area contributed by atoms with Crippen LogP contribution in [0.3, 0.4) is 0 Å². The summed E-state index contributed by atoms with van der Waals surface area (Å²) in [7, 11) is 0. The molecule has 1 heterocycles. The van der Waals surface area contributed by atoms with Gasteiger partial charge in [-0.1, -0.05) is 69.2 Å². The Labute approximate surface area is 199 Å². The fourth-order valence-corrected chi connectivity index (χ4v) is 7.10. The van der Waals surface area contributed by atoms with Gasteiger partial charge >= 0.3 is 0 Å². The highest BCUT2D eigenvalue weighted by atomic mass is 35.5. The maximum atomic E-state index is 12.4. The number of nitrogens with one attached hydrogen (secondary N) is 1. The third kappa shape index (κ3) is 2.91. The lowest BCUT2D eigenvalue weighted by Gasteiger charge is -2.78. The van der Waals surface area contributed by atoms with Gasteiger partial charge in [-0.15, -0.1) is 0 Å². The molecule has 4 N–H and O–H groups in total. The Morgan fingerprint density at radius 3 is 1.81 bits per heavy atom. The number of rotatable bonds is 3. The molecule has 0 saturated heterocycles. The molecule has 1 aromatic rings. The fourth-order valence-electron chi connectivity index (χ4n) is 6.89. The summed E-state index contributed by atoms with van der Waals surface area (Å²) in [6.45, 7) is 27.6. The molecule has 32 heavy (non-hydrogen) atoms. The van der Waals surface area contributed by atoms with E-state index in [4.69, 9.17) is 17.3 Å². The van der Waals surface area contributed by atoms with Crippen molar-refractivity contribution >= 4 is 23.3 Å². The van der Waals surface area contributed by atoms with Gasteiger partial charge in [0.15, 0.2) is 0 Å². The van der Waals surface area contributed by atoms with Gasteiger partial charge in [0.25, 0.3) is 5.91 Å². The zero-order chi connectivity index (χ0) is 25.5. The van der Waals surface area contributed by atoms with Crippen molar-refractivity contribution < 1.29 is 9.90 Å². The van der Waals surface area contributed by atoms with Crippen LogP contribution in [0, 0.1) is 34.0 Å². The molecule has 0 bridgehead atoms. The van der Waals surface area contributed by atoms with E-state index in [-0.39, 0.29) is 21.7 Å². The first kappa shape index (κ1) is 26.8. The Morgan fingerprint density at radius 1 is 0.938 bits per heavy atom. The number of primary amides is 1. The highest BCUT2D eigenvalue weighted by molar-refractivity contribution is 6.28. The van der Waals surface area contributed by atoms with E-state index >= 15 is 0 Å². The van der Waals surface area contributed by atoms with Crippen molar-refractivity contribution in [1.82, 2.24) is 9.97 Å². The second-order valence-electron chi connectivity index (χ2n) is 12.7. The molecule has 0 aromatic carbocycles. The van der Waals surface area contributed by atoms with Crippen molar-refractivity contribution in [2.24, 2.45) is 32.8 Å². The van der Waals surface area contributed by atoms with Gasteiger partial charge in [0.1, 0.15) is 11.4 Å². The number of aromatic nitrogens is 2. The lowest BCUT2D eigenvalue weighted by atomic mass is 9.29. The standard InChI is InChI=1S/C25H43ClN4O2/c1-14-15(16(27)31)17(29-18(26)28-14)30-24(12)21(7,8)20(5,6)23(11,19(2,3)4)25(13,32)22(24,9)10/h32H,1-13H3,(H2,27,31)(H,28,29,30)/t23-,24-,25-/m1/s1. The maximum absolute atomic E-state index is 12.4. The minimum absolute atomic E-state index is 0.0376. The number of anilines is 1. The average molecular weight is 467 g/mol. The van der Waals surface area contributed by atoms with E-state index < -0.39 is 33.3 Å². The summed E-state index contributed by atoms with van der Waals surface area (Å²) in [6.07, 6.45) is 0. The first-order valence-corrected chi connectivity index (χ1v) is 11.7. The summed E-state index contributed by atoms with van der Waals surface area (Å²) >= 11 is 6.19. The number of hydrogen-bond acceptors (Lipinski definition) is 5. The molecule has 182 valence electrons. The molecular weight excluding hydrogens is 424 g/mol. The third-order valence-electron chi connectivity index (χ3n) is 10.7. The first-order valence-electron chi connectivity index (χ1n) is 11.3. The lowest BCUT2D eigenvalue weighted by Crippen LogP contribution is -2.82. The summed E-state index contributed by atoms with van der Waals surface area (Å²) in [6, 6.07) is 0. The molecule has 0 spiro atoms. The summed E-state index contributed by atoms with van der Waals surface area (Å²) < 4.78 is 0. The predicted molar refractivity (Wildman–Crippen MR) is 132 cm³/mol. The van der Waals surface area contributed by atoms with Crippen LogP contribution in [0.1, 0.15) is 99.1 Å². The van der Waals surface area contributed by atoms with Gasteiger partial charge in [0.2, 0.25) is 5.28 Å². The van der Waals surface area contributed by atoms with E-state index in [0.29, 0.717) is 11.5 Å². The number of carbonyl (C=O) groups is 1.